The molecule has 0 aromatic heterocycles. The molecule has 3 rings (SSSR count). The molecule has 144 valence electrons. The molecule has 0 fully saturated rings. The number of benzene rings is 3. The van der Waals surface area contributed by atoms with Crippen molar-refractivity contribution in [1.29, 1.82) is 0 Å². The van der Waals surface area contributed by atoms with Crippen LogP contribution in [0.25, 0.3) is 0 Å². The van der Waals surface area contributed by atoms with E-state index in [2.05, 4.69) is 0 Å². The van der Waals surface area contributed by atoms with Crippen LogP contribution in [0.4, 0.5) is 0 Å². The highest BCUT2D eigenvalue weighted by molar-refractivity contribution is 6.30. The lowest BCUT2D eigenvalue weighted by atomic mass is 10.1. The Morgan fingerprint density at radius 2 is 1.64 bits per heavy atom. The average molecular weight is 397 g/mol. The lowest BCUT2D eigenvalue weighted by molar-refractivity contribution is -0.145. The molecule has 0 saturated carbocycles. The summed E-state index contributed by atoms with van der Waals surface area (Å²) in [5, 5.41) is 10.2. The van der Waals surface area contributed by atoms with E-state index in [9.17, 15) is 9.90 Å². The van der Waals surface area contributed by atoms with Gasteiger partial charge in [0.1, 0.15) is 17.2 Å². The smallest absolute Gasteiger partial charge is 0.345 e. The van der Waals surface area contributed by atoms with Crippen molar-refractivity contribution in [2.75, 3.05) is 0 Å². The highest BCUT2D eigenvalue weighted by atomic mass is 35.5. The third-order valence-electron chi connectivity index (χ3n) is 4.15. The Balaban J connectivity index is 1.86. The molecule has 1 atom stereocenters. The lowest BCUT2D eigenvalue weighted by Gasteiger charge is -2.18. The minimum Gasteiger partial charge on any atom is -0.478 e. The van der Waals surface area contributed by atoms with Crippen LogP contribution in [-0.2, 0) is 11.2 Å². The van der Waals surface area contributed by atoms with E-state index in [0.29, 0.717) is 27.8 Å². The van der Waals surface area contributed by atoms with E-state index in [0.717, 1.165) is 11.1 Å². The number of aliphatic carboxylic acids is 1. The fourth-order valence-corrected chi connectivity index (χ4v) is 3.16. The molecule has 1 N–H and O–H groups in total. The fraction of sp³-hybridized carbons (Fsp3) is 0.174. The van der Waals surface area contributed by atoms with E-state index in [4.69, 9.17) is 21.1 Å². The zero-order valence-electron chi connectivity index (χ0n) is 15.7. The quantitative estimate of drug-likeness (QED) is 0.546. The number of rotatable bonds is 7. The van der Waals surface area contributed by atoms with Gasteiger partial charge >= 0.3 is 5.97 Å². The van der Waals surface area contributed by atoms with Crippen LogP contribution in [-0.4, -0.2) is 17.2 Å². The van der Waals surface area contributed by atoms with Crippen molar-refractivity contribution < 1.29 is 19.4 Å². The van der Waals surface area contributed by atoms with E-state index in [1.54, 1.807) is 18.2 Å². The first-order chi connectivity index (χ1) is 13.4. The monoisotopic (exact) mass is 396 g/mol. The van der Waals surface area contributed by atoms with Crippen molar-refractivity contribution in [2.24, 2.45) is 0 Å². The van der Waals surface area contributed by atoms with Gasteiger partial charge in [-0.3, -0.25) is 0 Å². The molecule has 0 heterocycles. The Morgan fingerprint density at radius 3 is 2.29 bits per heavy atom. The molecule has 0 aliphatic carbocycles. The number of hydrogen-bond donors (Lipinski definition) is 1. The second-order valence-corrected chi connectivity index (χ2v) is 7.08. The van der Waals surface area contributed by atoms with Crippen molar-refractivity contribution in [2.45, 2.75) is 26.4 Å². The van der Waals surface area contributed by atoms with Gasteiger partial charge in [-0.1, -0.05) is 35.9 Å². The highest BCUT2D eigenvalue weighted by Gasteiger charge is 2.23. The number of carbonyl (C=O) groups is 1. The van der Waals surface area contributed by atoms with Gasteiger partial charge < -0.3 is 14.6 Å². The summed E-state index contributed by atoms with van der Waals surface area (Å²) in [5.74, 6) is 0.682. The third-order valence-corrected chi connectivity index (χ3v) is 4.38. The van der Waals surface area contributed by atoms with Gasteiger partial charge in [-0.15, -0.1) is 0 Å². The molecule has 0 saturated heterocycles. The van der Waals surface area contributed by atoms with E-state index in [1.165, 1.54) is 0 Å². The maximum absolute atomic E-state index is 11.8. The predicted octanol–water partition coefficient (Wildman–Crippen LogP) is 5.82. The maximum Gasteiger partial charge on any atom is 0.345 e. The second kappa shape index (κ2) is 8.81. The first-order valence-corrected chi connectivity index (χ1v) is 9.27. The lowest BCUT2D eigenvalue weighted by Crippen LogP contribution is -2.29. The average Bonchev–Trinajstić information content (AvgIpc) is 2.63. The molecule has 28 heavy (non-hydrogen) atoms. The van der Waals surface area contributed by atoms with Crippen molar-refractivity contribution in [3.8, 4) is 17.2 Å². The molecule has 0 amide bonds. The Kier molecular flexibility index (Phi) is 6.22. The van der Waals surface area contributed by atoms with E-state index in [-0.39, 0.29) is 6.42 Å². The number of para-hydroxylation sites is 1. The van der Waals surface area contributed by atoms with Crippen LogP contribution in [0, 0.1) is 13.8 Å². The first kappa shape index (κ1) is 19.8. The molecule has 3 aromatic rings. The van der Waals surface area contributed by atoms with Gasteiger partial charge in [0.25, 0.3) is 0 Å². The van der Waals surface area contributed by atoms with Gasteiger partial charge in [0, 0.05) is 17.0 Å². The normalized spacial score (nSPS) is 11.7. The number of halogens is 1. The van der Waals surface area contributed by atoms with Crippen LogP contribution in [0.15, 0.2) is 66.7 Å². The molecular formula is C23H21ClO4. The molecule has 5 heteroatoms. The van der Waals surface area contributed by atoms with Crippen molar-refractivity contribution in [3.05, 3.63) is 88.4 Å². The van der Waals surface area contributed by atoms with Gasteiger partial charge in [0.05, 0.1) is 0 Å². The number of carboxylic acid groups (broad SMARTS) is 1. The van der Waals surface area contributed by atoms with Gasteiger partial charge in [-0.05, 0) is 67.4 Å². The van der Waals surface area contributed by atoms with Crippen LogP contribution in [0.3, 0.4) is 0 Å². The summed E-state index contributed by atoms with van der Waals surface area (Å²) in [6.45, 7) is 3.89. The Hall–Kier alpha value is -2.98. The van der Waals surface area contributed by atoms with E-state index < -0.39 is 12.1 Å². The Bertz CT molecular complexity index is 949. The van der Waals surface area contributed by atoms with Crippen molar-refractivity contribution in [1.82, 2.24) is 0 Å². The van der Waals surface area contributed by atoms with E-state index in [1.807, 2.05) is 62.4 Å². The Morgan fingerprint density at radius 1 is 0.964 bits per heavy atom. The molecule has 0 aliphatic rings. The number of hydrogen-bond acceptors (Lipinski definition) is 3. The molecule has 3 aromatic carbocycles. The summed E-state index contributed by atoms with van der Waals surface area (Å²) in [6.07, 6.45) is -0.955. The topological polar surface area (TPSA) is 55.8 Å². The summed E-state index contributed by atoms with van der Waals surface area (Å²) in [5.41, 5.74) is 2.68. The van der Waals surface area contributed by atoms with Gasteiger partial charge in [-0.2, -0.15) is 0 Å². The van der Waals surface area contributed by atoms with Crippen LogP contribution in [0.5, 0.6) is 17.2 Å². The Labute approximate surface area is 169 Å². The fourth-order valence-electron chi connectivity index (χ4n) is 2.97. The number of ether oxygens (including phenoxy) is 2. The zero-order chi connectivity index (χ0) is 20.1. The molecule has 4 nitrogen and oxygen atoms in total. The van der Waals surface area contributed by atoms with Crippen LogP contribution >= 0.6 is 11.6 Å². The predicted molar refractivity (Wildman–Crippen MR) is 110 cm³/mol. The highest BCUT2D eigenvalue weighted by Crippen LogP contribution is 2.30. The SMILES string of the molecule is Cc1cc(C)cc(O[C@H](Cc2cc(Cl)ccc2Oc2ccccc2)C(=O)O)c1. The molecular weight excluding hydrogens is 376 g/mol. The third kappa shape index (κ3) is 5.27. The van der Waals surface area contributed by atoms with Gasteiger partial charge in [0.15, 0.2) is 6.10 Å². The minimum atomic E-state index is -1.07. The van der Waals surface area contributed by atoms with Crippen LogP contribution in [0.2, 0.25) is 5.02 Å². The largest absolute Gasteiger partial charge is 0.478 e. The standard InChI is InChI=1S/C23H21ClO4/c1-15-10-16(2)12-20(11-15)28-22(23(25)26)14-17-13-18(24)8-9-21(17)27-19-6-4-3-5-7-19/h3-13,22H,14H2,1-2H3,(H,25,26)/t22-/m1/s1. The second-order valence-electron chi connectivity index (χ2n) is 6.64. The van der Waals surface area contributed by atoms with Crippen LogP contribution in [0.1, 0.15) is 16.7 Å². The van der Waals surface area contributed by atoms with Gasteiger partial charge in [0.2, 0.25) is 0 Å². The van der Waals surface area contributed by atoms with E-state index >= 15 is 0 Å². The van der Waals surface area contributed by atoms with Crippen molar-refractivity contribution in [3.63, 3.8) is 0 Å². The zero-order valence-corrected chi connectivity index (χ0v) is 16.4. The summed E-state index contributed by atoms with van der Waals surface area (Å²) >= 11 is 6.14. The number of carboxylic acids is 1. The van der Waals surface area contributed by atoms with Crippen LogP contribution < -0.4 is 9.47 Å². The minimum absolute atomic E-state index is 0.116. The molecule has 0 radical (unpaired) electrons. The number of aryl methyl sites for hydroxylation is 2. The molecule has 0 unspecified atom stereocenters. The summed E-state index contributed by atoms with van der Waals surface area (Å²) in [4.78, 5) is 11.8. The summed E-state index contributed by atoms with van der Waals surface area (Å²) < 4.78 is 11.7. The molecule has 0 aliphatic heterocycles. The van der Waals surface area contributed by atoms with Gasteiger partial charge in [-0.25, -0.2) is 4.79 Å². The molecule has 0 bridgehead atoms. The molecule has 0 spiro atoms. The summed E-state index contributed by atoms with van der Waals surface area (Å²) in [7, 11) is 0. The first-order valence-electron chi connectivity index (χ1n) is 8.90. The van der Waals surface area contributed by atoms with Crippen molar-refractivity contribution >= 4 is 17.6 Å². The summed E-state index contributed by atoms with van der Waals surface area (Å²) in [6, 6.07) is 20.1. The maximum atomic E-state index is 11.8.